The van der Waals surface area contributed by atoms with E-state index in [1.54, 1.807) is 19.4 Å². The maximum atomic E-state index is 12.1. The lowest BCUT2D eigenvalue weighted by Gasteiger charge is -2.07. The Kier molecular flexibility index (Phi) is 5.23. The van der Waals surface area contributed by atoms with Crippen molar-refractivity contribution in [3.05, 3.63) is 79.4 Å². The lowest BCUT2D eigenvalue weighted by Crippen LogP contribution is -2.08. The van der Waals surface area contributed by atoms with Crippen molar-refractivity contribution in [2.75, 3.05) is 19.0 Å². The van der Waals surface area contributed by atoms with E-state index in [2.05, 4.69) is 31.3 Å². The number of methoxy groups -OCH3 is 1. The lowest BCUT2D eigenvalue weighted by molar-refractivity contribution is -0.111. The van der Waals surface area contributed by atoms with E-state index in [-0.39, 0.29) is 5.91 Å². The van der Waals surface area contributed by atoms with Gasteiger partial charge in [-0.05, 0) is 41.5 Å². The van der Waals surface area contributed by atoms with Crippen LogP contribution in [-0.2, 0) is 9.53 Å². The molecule has 0 fully saturated rings. The predicted molar refractivity (Wildman–Crippen MR) is 126 cm³/mol. The van der Waals surface area contributed by atoms with Gasteiger partial charge in [0.1, 0.15) is 11.3 Å². The van der Waals surface area contributed by atoms with E-state index in [0.717, 1.165) is 44.3 Å². The molecule has 0 saturated carbocycles. The summed E-state index contributed by atoms with van der Waals surface area (Å²) >= 11 is 0. The van der Waals surface area contributed by atoms with Gasteiger partial charge in [-0.25, -0.2) is 9.97 Å². The standard InChI is InChI=1S/C25H21N5O2/c1-32-11-3-6-23(31)30-18-5-2-4-16(12-18)17-13-21-22(15-29-25(21)28-14-17)19-7-9-26-24-20(19)8-10-27-24/h2-10,12-15H,11H2,1H3,(H,26,27)(H,28,29)(H,30,31)/b6-3+. The van der Waals surface area contributed by atoms with Gasteiger partial charge in [0.25, 0.3) is 0 Å². The van der Waals surface area contributed by atoms with Gasteiger partial charge in [0.15, 0.2) is 0 Å². The van der Waals surface area contributed by atoms with Crippen LogP contribution in [0.2, 0.25) is 0 Å². The molecule has 32 heavy (non-hydrogen) atoms. The van der Waals surface area contributed by atoms with Gasteiger partial charge in [-0.15, -0.1) is 0 Å². The van der Waals surface area contributed by atoms with E-state index in [1.165, 1.54) is 6.08 Å². The lowest BCUT2D eigenvalue weighted by atomic mass is 10.0. The molecule has 4 aromatic heterocycles. The molecule has 1 aromatic carbocycles. The molecule has 1 amide bonds. The summed E-state index contributed by atoms with van der Waals surface area (Å²) < 4.78 is 4.93. The number of benzene rings is 1. The monoisotopic (exact) mass is 423 g/mol. The summed E-state index contributed by atoms with van der Waals surface area (Å²) in [5.41, 5.74) is 6.46. The van der Waals surface area contributed by atoms with Crippen molar-refractivity contribution in [2.24, 2.45) is 0 Å². The summed E-state index contributed by atoms with van der Waals surface area (Å²) in [6.07, 6.45) is 10.6. The molecule has 7 nitrogen and oxygen atoms in total. The molecule has 0 aliphatic heterocycles. The van der Waals surface area contributed by atoms with E-state index >= 15 is 0 Å². The maximum absolute atomic E-state index is 12.1. The number of hydrogen-bond donors (Lipinski definition) is 3. The van der Waals surface area contributed by atoms with Gasteiger partial charge in [0.2, 0.25) is 5.91 Å². The van der Waals surface area contributed by atoms with Crippen LogP contribution in [0, 0.1) is 0 Å². The molecule has 5 aromatic rings. The number of nitrogens with one attached hydrogen (secondary N) is 3. The maximum Gasteiger partial charge on any atom is 0.248 e. The number of ether oxygens (including phenoxy) is 1. The molecule has 0 radical (unpaired) electrons. The Morgan fingerprint density at radius 2 is 1.94 bits per heavy atom. The highest BCUT2D eigenvalue weighted by Crippen LogP contribution is 2.34. The molecular weight excluding hydrogens is 402 g/mol. The van der Waals surface area contributed by atoms with Gasteiger partial charge in [0.05, 0.1) is 6.61 Å². The predicted octanol–water partition coefficient (Wildman–Crippen LogP) is 4.91. The summed E-state index contributed by atoms with van der Waals surface area (Å²) in [6.45, 7) is 0.394. The minimum absolute atomic E-state index is 0.200. The van der Waals surface area contributed by atoms with E-state index < -0.39 is 0 Å². The number of H-pyrrole nitrogens is 2. The molecule has 0 bridgehead atoms. The van der Waals surface area contributed by atoms with Crippen LogP contribution in [0.5, 0.6) is 0 Å². The largest absolute Gasteiger partial charge is 0.381 e. The molecule has 0 spiro atoms. The number of carbonyl (C=O) groups is 1. The molecule has 158 valence electrons. The third-order valence-electron chi connectivity index (χ3n) is 5.28. The first kappa shape index (κ1) is 19.7. The summed E-state index contributed by atoms with van der Waals surface area (Å²) in [7, 11) is 1.59. The second kappa shape index (κ2) is 8.49. The summed E-state index contributed by atoms with van der Waals surface area (Å²) in [6, 6.07) is 13.9. The van der Waals surface area contributed by atoms with Crippen LogP contribution in [0.4, 0.5) is 5.69 Å². The van der Waals surface area contributed by atoms with Gasteiger partial charge in [0, 0.05) is 65.6 Å². The van der Waals surface area contributed by atoms with Gasteiger partial charge in [-0.2, -0.15) is 0 Å². The highest BCUT2D eigenvalue weighted by atomic mass is 16.5. The van der Waals surface area contributed by atoms with Gasteiger partial charge >= 0.3 is 0 Å². The van der Waals surface area contributed by atoms with Crippen molar-refractivity contribution in [2.45, 2.75) is 0 Å². The number of fused-ring (bicyclic) bond motifs is 2. The molecule has 4 heterocycles. The van der Waals surface area contributed by atoms with E-state index in [0.29, 0.717) is 12.3 Å². The average molecular weight is 423 g/mol. The zero-order chi connectivity index (χ0) is 21.9. The van der Waals surface area contributed by atoms with E-state index in [4.69, 9.17) is 4.74 Å². The first-order chi connectivity index (χ1) is 15.7. The normalized spacial score (nSPS) is 11.5. The quantitative estimate of drug-likeness (QED) is 0.338. The minimum atomic E-state index is -0.200. The number of nitrogens with zero attached hydrogens (tertiary/aromatic N) is 2. The van der Waals surface area contributed by atoms with Crippen molar-refractivity contribution in [1.82, 2.24) is 19.9 Å². The molecule has 3 N–H and O–H groups in total. The van der Waals surface area contributed by atoms with Gasteiger partial charge < -0.3 is 20.0 Å². The Balaban J connectivity index is 1.50. The van der Waals surface area contributed by atoms with Crippen molar-refractivity contribution < 1.29 is 9.53 Å². The summed E-state index contributed by atoms with van der Waals surface area (Å²) in [5, 5.41) is 4.96. The van der Waals surface area contributed by atoms with Crippen molar-refractivity contribution in [3.8, 4) is 22.3 Å². The van der Waals surface area contributed by atoms with Crippen LogP contribution >= 0.6 is 0 Å². The van der Waals surface area contributed by atoms with Crippen LogP contribution in [0.1, 0.15) is 0 Å². The van der Waals surface area contributed by atoms with Crippen LogP contribution < -0.4 is 5.32 Å². The second-order valence-corrected chi connectivity index (χ2v) is 7.35. The van der Waals surface area contributed by atoms with Crippen molar-refractivity contribution >= 4 is 33.7 Å². The Labute approximate surface area is 184 Å². The zero-order valence-electron chi connectivity index (χ0n) is 17.4. The van der Waals surface area contributed by atoms with Gasteiger partial charge in [-0.3, -0.25) is 4.79 Å². The SMILES string of the molecule is COC/C=C/C(=O)Nc1cccc(-c2cnc3[nH]cc(-c4ccnc5[nH]ccc45)c3c2)c1. The topological polar surface area (TPSA) is 95.7 Å². The van der Waals surface area contributed by atoms with Gasteiger partial charge in [-0.1, -0.05) is 18.2 Å². The summed E-state index contributed by atoms with van der Waals surface area (Å²) in [5.74, 6) is -0.200. The number of hydrogen-bond acceptors (Lipinski definition) is 4. The molecule has 0 unspecified atom stereocenters. The zero-order valence-corrected chi connectivity index (χ0v) is 17.4. The van der Waals surface area contributed by atoms with Crippen molar-refractivity contribution in [3.63, 3.8) is 0 Å². The fourth-order valence-electron chi connectivity index (χ4n) is 3.79. The molecule has 5 rings (SSSR count). The van der Waals surface area contributed by atoms with Crippen LogP contribution in [0.25, 0.3) is 44.3 Å². The molecule has 7 heteroatoms. The molecule has 0 aliphatic carbocycles. The first-order valence-electron chi connectivity index (χ1n) is 10.2. The minimum Gasteiger partial charge on any atom is -0.381 e. The van der Waals surface area contributed by atoms with E-state index in [1.807, 2.05) is 55.0 Å². The Bertz CT molecular complexity index is 1450. The molecule has 0 aliphatic rings. The van der Waals surface area contributed by atoms with Crippen LogP contribution in [0.3, 0.4) is 0 Å². The number of rotatable bonds is 6. The number of amides is 1. The average Bonchev–Trinajstić information content (AvgIpc) is 3.46. The van der Waals surface area contributed by atoms with E-state index in [9.17, 15) is 4.79 Å². The molecule has 0 atom stereocenters. The number of carbonyl (C=O) groups excluding carboxylic acids is 1. The number of anilines is 1. The van der Waals surface area contributed by atoms with Crippen LogP contribution in [-0.4, -0.2) is 39.6 Å². The fraction of sp³-hybridized carbons (Fsp3) is 0.0800. The molecule has 0 saturated heterocycles. The Morgan fingerprint density at radius 3 is 2.84 bits per heavy atom. The Morgan fingerprint density at radius 1 is 1.03 bits per heavy atom. The smallest absolute Gasteiger partial charge is 0.248 e. The number of aromatic nitrogens is 4. The second-order valence-electron chi connectivity index (χ2n) is 7.35. The van der Waals surface area contributed by atoms with Crippen LogP contribution in [0.15, 0.2) is 79.4 Å². The highest BCUT2D eigenvalue weighted by Gasteiger charge is 2.13. The summed E-state index contributed by atoms with van der Waals surface area (Å²) in [4.78, 5) is 27.5. The third-order valence-corrected chi connectivity index (χ3v) is 5.28. The number of aromatic amines is 2. The molecular formula is C25H21N5O2. The highest BCUT2D eigenvalue weighted by molar-refractivity contribution is 6.03. The fourth-order valence-corrected chi connectivity index (χ4v) is 3.79. The number of pyridine rings is 2. The first-order valence-corrected chi connectivity index (χ1v) is 10.2. The van der Waals surface area contributed by atoms with Crippen molar-refractivity contribution in [1.29, 1.82) is 0 Å². The Hall–Kier alpha value is -4.23. The third kappa shape index (κ3) is 3.77.